The molecule has 0 radical (unpaired) electrons. The van der Waals surface area contributed by atoms with Gasteiger partial charge in [-0.3, -0.25) is 0 Å². The molecule has 4 rings (SSSR count). The van der Waals surface area contributed by atoms with Gasteiger partial charge in [-0.05, 0) is 103 Å². The first-order chi connectivity index (χ1) is 15.3. The smallest absolute Gasteiger partial charge is 0.0118 e. The van der Waals surface area contributed by atoms with E-state index in [-0.39, 0.29) is 0 Å². The molecule has 0 spiro atoms. The fraction of sp³-hybridized carbons (Fsp3) is 0.613. The average molecular weight is 417 g/mol. The van der Waals surface area contributed by atoms with E-state index in [1.807, 2.05) is 0 Å². The molecular formula is C31H44. The van der Waals surface area contributed by atoms with Gasteiger partial charge in [0.2, 0.25) is 0 Å². The highest BCUT2D eigenvalue weighted by Crippen LogP contribution is 2.39. The highest BCUT2D eigenvalue weighted by molar-refractivity contribution is 5.38. The molecule has 2 aromatic carbocycles. The van der Waals surface area contributed by atoms with Gasteiger partial charge in [0.25, 0.3) is 0 Å². The summed E-state index contributed by atoms with van der Waals surface area (Å²) in [7, 11) is 0. The summed E-state index contributed by atoms with van der Waals surface area (Å²) in [6, 6.07) is 17.2. The lowest BCUT2D eigenvalue weighted by atomic mass is 9.76. The highest BCUT2D eigenvalue weighted by Gasteiger charge is 2.23. The topological polar surface area (TPSA) is 0 Å². The van der Waals surface area contributed by atoms with Gasteiger partial charge in [-0.25, -0.2) is 0 Å². The van der Waals surface area contributed by atoms with Gasteiger partial charge in [0.15, 0.2) is 0 Å². The van der Waals surface area contributed by atoms with Gasteiger partial charge in [0.05, 0.1) is 0 Å². The second-order valence-electron chi connectivity index (χ2n) is 10.5. The molecule has 0 aliphatic heterocycles. The van der Waals surface area contributed by atoms with Crippen LogP contribution in [0.25, 0.3) is 0 Å². The van der Waals surface area contributed by atoms with Gasteiger partial charge < -0.3 is 0 Å². The zero-order chi connectivity index (χ0) is 21.5. The van der Waals surface area contributed by atoms with Crippen LogP contribution in [0.3, 0.4) is 0 Å². The Morgan fingerprint density at radius 1 is 0.677 bits per heavy atom. The van der Waals surface area contributed by atoms with E-state index < -0.39 is 0 Å². The second-order valence-corrected chi connectivity index (χ2v) is 10.5. The van der Waals surface area contributed by atoms with Gasteiger partial charge in [-0.15, -0.1) is 0 Å². The largest absolute Gasteiger partial charge is 0.0654 e. The Morgan fingerprint density at radius 3 is 2.10 bits per heavy atom. The van der Waals surface area contributed by atoms with E-state index in [2.05, 4.69) is 56.3 Å². The molecule has 31 heavy (non-hydrogen) atoms. The summed E-state index contributed by atoms with van der Waals surface area (Å²) in [5, 5.41) is 0. The van der Waals surface area contributed by atoms with Crippen LogP contribution in [0.1, 0.15) is 124 Å². The molecule has 2 aliphatic rings. The maximum atomic E-state index is 2.52. The predicted octanol–water partition coefficient (Wildman–Crippen LogP) is 9.16. The van der Waals surface area contributed by atoms with E-state index in [1.165, 1.54) is 89.9 Å². The summed E-state index contributed by atoms with van der Waals surface area (Å²) < 4.78 is 0. The van der Waals surface area contributed by atoms with E-state index in [4.69, 9.17) is 0 Å². The van der Waals surface area contributed by atoms with Crippen LogP contribution >= 0.6 is 0 Å². The SMILES string of the molecule is CCCCCc1ccc2c(c1)CCC(c1ccc(C3CCC(CCCC)CC3)cc1)C2. The lowest BCUT2D eigenvalue weighted by Crippen LogP contribution is -2.14. The Bertz CT molecular complexity index is 791. The van der Waals surface area contributed by atoms with Crippen LogP contribution in [0.4, 0.5) is 0 Å². The summed E-state index contributed by atoms with van der Waals surface area (Å²) in [6.45, 7) is 4.61. The Morgan fingerprint density at radius 2 is 1.39 bits per heavy atom. The summed E-state index contributed by atoms with van der Waals surface area (Å²) in [6.07, 6.45) is 19.0. The Kier molecular flexibility index (Phi) is 8.28. The molecule has 1 fully saturated rings. The molecule has 1 unspecified atom stereocenters. The average Bonchev–Trinajstić information content (AvgIpc) is 2.83. The second kappa shape index (κ2) is 11.3. The van der Waals surface area contributed by atoms with Crippen LogP contribution < -0.4 is 0 Å². The molecule has 168 valence electrons. The van der Waals surface area contributed by atoms with Crippen molar-refractivity contribution in [2.75, 3.05) is 0 Å². The molecule has 1 atom stereocenters. The first-order valence-corrected chi connectivity index (χ1v) is 13.5. The summed E-state index contributed by atoms with van der Waals surface area (Å²) in [5.74, 6) is 2.52. The van der Waals surface area contributed by atoms with Crippen LogP contribution in [-0.4, -0.2) is 0 Å². The minimum atomic E-state index is 0.706. The number of fused-ring (bicyclic) bond motifs is 1. The number of hydrogen-bond donors (Lipinski definition) is 0. The standard InChI is InChI=1S/C31H44/c1-3-5-7-9-25-12-15-31-23-30(21-20-29(31)22-25)28-18-16-27(17-19-28)26-13-10-24(11-14-26)8-6-4-2/h12,15-19,22,24,26,30H,3-11,13-14,20-21,23H2,1-2H3. The number of aryl methyl sites for hydroxylation is 2. The van der Waals surface area contributed by atoms with E-state index >= 15 is 0 Å². The molecule has 0 aromatic heterocycles. The number of rotatable bonds is 9. The monoisotopic (exact) mass is 416 g/mol. The third-order valence-corrected chi connectivity index (χ3v) is 8.26. The van der Waals surface area contributed by atoms with Gasteiger partial charge in [-0.2, -0.15) is 0 Å². The molecule has 0 heteroatoms. The maximum Gasteiger partial charge on any atom is -0.0118 e. The van der Waals surface area contributed by atoms with Gasteiger partial charge in [-0.1, -0.05) is 88.4 Å². The van der Waals surface area contributed by atoms with Crippen LogP contribution in [-0.2, 0) is 19.3 Å². The molecule has 0 amide bonds. The molecule has 2 aromatic rings. The van der Waals surface area contributed by atoms with Crippen molar-refractivity contribution in [3.8, 4) is 0 Å². The predicted molar refractivity (Wildman–Crippen MR) is 135 cm³/mol. The van der Waals surface area contributed by atoms with Crippen molar-refractivity contribution < 1.29 is 0 Å². The lowest BCUT2D eigenvalue weighted by molar-refractivity contribution is 0.304. The molecule has 0 N–H and O–H groups in total. The Labute approximate surface area is 191 Å². The van der Waals surface area contributed by atoms with E-state index in [9.17, 15) is 0 Å². The Hall–Kier alpha value is -1.56. The minimum Gasteiger partial charge on any atom is -0.0654 e. The zero-order valence-electron chi connectivity index (χ0n) is 20.2. The minimum absolute atomic E-state index is 0.706. The Balaban J connectivity index is 1.32. The number of unbranched alkanes of at least 4 members (excludes halogenated alkanes) is 3. The number of benzene rings is 2. The molecule has 0 bridgehead atoms. The summed E-state index contributed by atoms with van der Waals surface area (Å²) in [4.78, 5) is 0. The van der Waals surface area contributed by atoms with E-state index in [1.54, 1.807) is 27.8 Å². The van der Waals surface area contributed by atoms with Crippen molar-refractivity contribution in [3.63, 3.8) is 0 Å². The molecule has 1 saturated carbocycles. The zero-order valence-corrected chi connectivity index (χ0v) is 20.2. The first-order valence-electron chi connectivity index (χ1n) is 13.5. The van der Waals surface area contributed by atoms with Gasteiger partial charge in [0.1, 0.15) is 0 Å². The van der Waals surface area contributed by atoms with Gasteiger partial charge in [0, 0.05) is 0 Å². The van der Waals surface area contributed by atoms with E-state index in [0.717, 1.165) is 11.8 Å². The molecular weight excluding hydrogens is 372 g/mol. The highest BCUT2D eigenvalue weighted by atomic mass is 14.3. The normalized spacial score (nSPS) is 23.5. The van der Waals surface area contributed by atoms with Crippen molar-refractivity contribution >= 4 is 0 Å². The van der Waals surface area contributed by atoms with E-state index in [0.29, 0.717) is 5.92 Å². The van der Waals surface area contributed by atoms with Crippen LogP contribution in [0.2, 0.25) is 0 Å². The van der Waals surface area contributed by atoms with Crippen LogP contribution in [0, 0.1) is 5.92 Å². The van der Waals surface area contributed by atoms with Crippen molar-refractivity contribution in [1.82, 2.24) is 0 Å². The summed E-state index contributed by atoms with van der Waals surface area (Å²) >= 11 is 0. The fourth-order valence-electron chi connectivity index (χ4n) is 6.15. The number of hydrogen-bond acceptors (Lipinski definition) is 0. The van der Waals surface area contributed by atoms with Crippen molar-refractivity contribution in [2.24, 2.45) is 5.92 Å². The third-order valence-electron chi connectivity index (χ3n) is 8.26. The van der Waals surface area contributed by atoms with Crippen molar-refractivity contribution in [3.05, 3.63) is 70.3 Å². The first kappa shape index (κ1) is 22.6. The van der Waals surface area contributed by atoms with Crippen LogP contribution in [0.15, 0.2) is 42.5 Å². The maximum absolute atomic E-state index is 2.52. The fourth-order valence-corrected chi connectivity index (χ4v) is 6.15. The quantitative estimate of drug-likeness (QED) is 0.357. The molecule has 0 nitrogen and oxygen atoms in total. The van der Waals surface area contributed by atoms with Crippen molar-refractivity contribution in [1.29, 1.82) is 0 Å². The summed E-state index contributed by atoms with van der Waals surface area (Å²) in [5.41, 5.74) is 7.95. The van der Waals surface area contributed by atoms with Crippen molar-refractivity contribution in [2.45, 2.75) is 116 Å². The molecule has 0 heterocycles. The molecule has 0 saturated heterocycles. The molecule has 2 aliphatic carbocycles. The van der Waals surface area contributed by atoms with Crippen LogP contribution in [0.5, 0.6) is 0 Å². The van der Waals surface area contributed by atoms with Gasteiger partial charge >= 0.3 is 0 Å². The third kappa shape index (κ3) is 6.03. The lowest BCUT2D eigenvalue weighted by Gasteiger charge is -2.29.